The van der Waals surface area contributed by atoms with Crippen molar-refractivity contribution in [2.45, 2.75) is 6.92 Å². The molecule has 3 rings (SSSR count). The van der Waals surface area contributed by atoms with Crippen LogP contribution in [0.2, 0.25) is 5.02 Å². The van der Waals surface area contributed by atoms with Gasteiger partial charge in [0, 0.05) is 10.1 Å². The second kappa shape index (κ2) is 7.47. The van der Waals surface area contributed by atoms with Crippen LogP contribution in [0.3, 0.4) is 0 Å². The van der Waals surface area contributed by atoms with Gasteiger partial charge in [-0.05, 0) is 42.8 Å². The highest BCUT2D eigenvalue weighted by Crippen LogP contribution is 2.34. The molecule has 0 aliphatic heterocycles. The lowest BCUT2D eigenvalue weighted by Crippen LogP contribution is -2.16. The number of nitrogens with zero attached hydrogens (tertiary/aromatic N) is 1. The Labute approximate surface area is 148 Å². The molecule has 0 unspecified atom stereocenters. The first-order valence-electron chi connectivity index (χ1n) is 7.42. The second-order valence-electron chi connectivity index (χ2n) is 4.94. The summed E-state index contributed by atoms with van der Waals surface area (Å²) in [5.74, 6) is 0.485. The topological polar surface area (TPSA) is 50.7 Å². The van der Waals surface area contributed by atoms with E-state index in [0.29, 0.717) is 16.5 Å². The summed E-state index contributed by atoms with van der Waals surface area (Å²) in [6.45, 7) is 2.56. The van der Waals surface area contributed by atoms with Crippen molar-refractivity contribution < 1.29 is 9.53 Å². The average molecular weight is 359 g/mol. The quantitative estimate of drug-likeness (QED) is 0.530. The van der Waals surface area contributed by atoms with Crippen LogP contribution in [0.1, 0.15) is 22.2 Å². The monoisotopic (exact) mass is 358 g/mol. The maximum absolute atomic E-state index is 12.2. The van der Waals surface area contributed by atoms with E-state index in [9.17, 15) is 4.79 Å². The Hall–Kier alpha value is -2.37. The van der Waals surface area contributed by atoms with Crippen molar-refractivity contribution in [3.8, 4) is 5.75 Å². The van der Waals surface area contributed by atoms with Crippen LogP contribution in [0.4, 0.5) is 0 Å². The zero-order valence-electron chi connectivity index (χ0n) is 13.0. The van der Waals surface area contributed by atoms with Crippen LogP contribution in [-0.2, 0) is 0 Å². The van der Waals surface area contributed by atoms with Crippen LogP contribution >= 0.6 is 22.9 Å². The van der Waals surface area contributed by atoms with Gasteiger partial charge >= 0.3 is 0 Å². The van der Waals surface area contributed by atoms with Gasteiger partial charge in [-0.1, -0.05) is 29.8 Å². The van der Waals surface area contributed by atoms with E-state index in [2.05, 4.69) is 10.5 Å². The van der Waals surface area contributed by atoms with Crippen molar-refractivity contribution in [3.05, 3.63) is 64.0 Å². The predicted molar refractivity (Wildman–Crippen MR) is 99.5 cm³/mol. The number of thiophene rings is 1. The predicted octanol–water partition coefficient (Wildman–Crippen LogP) is 4.72. The average Bonchev–Trinajstić information content (AvgIpc) is 2.94. The van der Waals surface area contributed by atoms with Crippen molar-refractivity contribution in [2.75, 3.05) is 6.61 Å². The first-order chi connectivity index (χ1) is 11.7. The van der Waals surface area contributed by atoms with E-state index in [1.54, 1.807) is 6.21 Å². The SMILES string of the molecule is CCOc1ccc(/C=N/NC(=O)c2sc3ccccc3c2Cl)cc1. The Kier molecular flexibility index (Phi) is 5.13. The third kappa shape index (κ3) is 3.58. The molecule has 1 aromatic heterocycles. The zero-order valence-corrected chi connectivity index (χ0v) is 14.5. The minimum atomic E-state index is -0.316. The highest BCUT2D eigenvalue weighted by atomic mass is 35.5. The molecule has 2 aromatic carbocycles. The van der Waals surface area contributed by atoms with Gasteiger partial charge in [-0.3, -0.25) is 4.79 Å². The molecule has 6 heteroatoms. The van der Waals surface area contributed by atoms with Crippen LogP contribution in [-0.4, -0.2) is 18.7 Å². The van der Waals surface area contributed by atoms with Crippen LogP contribution in [0.5, 0.6) is 5.75 Å². The Morgan fingerprint density at radius 1 is 1.25 bits per heavy atom. The number of ether oxygens (including phenoxy) is 1. The van der Waals surface area contributed by atoms with Gasteiger partial charge in [-0.15, -0.1) is 11.3 Å². The van der Waals surface area contributed by atoms with Crippen LogP contribution in [0.15, 0.2) is 53.6 Å². The summed E-state index contributed by atoms with van der Waals surface area (Å²) in [7, 11) is 0. The van der Waals surface area contributed by atoms with Crippen molar-refractivity contribution in [1.82, 2.24) is 5.43 Å². The number of fused-ring (bicyclic) bond motifs is 1. The lowest BCUT2D eigenvalue weighted by Gasteiger charge is -2.02. The summed E-state index contributed by atoms with van der Waals surface area (Å²) in [5, 5.41) is 5.33. The van der Waals surface area contributed by atoms with Crippen molar-refractivity contribution in [1.29, 1.82) is 0 Å². The number of amides is 1. The summed E-state index contributed by atoms with van der Waals surface area (Å²) in [5.41, 5.74) is 3.38. The molecule has 0 atom stereocenters. The fourth-order valence-electron chi connectivity index (χ4n) is 2.19. The maximum atomic E-state index is 12.2. The first-order valence-corrected chi connectivity index (χ1v) is 8.61. The van der Waals surface area contributed by atoms with Gasteiger partial charge in [0.2, 0.25) is 0 Å². The Balaban J connectivity index is 1.69. The molecule has 1 amide bonds. The summed E-state index contributed by atoms with van der Waals surface area (Å²) in [6, 6.07) is 15.1. The number of rotatable bonds is 5. The first kappa shape index (κ1) is 16.5. The van der Waals surface area contributed by atoms with Crippen molar-refractivity contribution >= 4 is 45.1 Å². The standard InChI is InChI=1S/C18H15ClN2O2S/c1-2-23-13-9-7-12(8-10-13)11-20-21-18(22)17-16(19)14-5-3-4-6-15(14)24-17/h3-11H,2H2,1H3,(H,21,22)/b20-11+. The van der Waals surface area contributed by atoms with E-state index in [1.165, 1.54) is 11.3 Å². The number of carbonyl (C=O) groups excluding carboxylic acids is 1. The number of halogens is 1. The minimum Gasteiger partial charge on any atom is -0.494 e. The van der Waals surface area contributed by atoms with Gasteiger partial charge < -0.3 is 4.74 Å². The molecule has 0 fully saturated rings. The fraction of sp³-hybridized carbons (Fsp3) is 0.111. The van der Waals surface area contributed by atoms with Gasteiger partial charge in [0.15, 0.2) is 0 Å². The lowest BCUT2D eigenvalue weighted by molar-refractivity contribution is 0.0959. The van der Waals surface area contributed by atoms with E-state index < -0.39 is 0 Å². The van der Waals surface area contributed by atoms with Gasteiger partial charge in [0.05, 0.1) is 17.8 Å². The van der Waals surface area contributed by atoms with E-state index >= 15 is 0 Å². The van der Waals surface area contributed by atoms with E-state index in [-0.39, 0.29) is 5.91 Å². The van der Waals surface area contributed by atoms with Crippen LogP contribution in [0.25, 0.3) is 10.1 Å². The molecule has 0 aliphatic carbocycles. The normalized spacial score (nSPS) is 11.1. The third-order valence-electron chi connectivity index (χ3n) is 3.31. The Morgan fingerprint density at radius 3 is 2.71 bits per heavy atom. The lowest BCUT2D eigenvalue weighted by atomic mass is 10.2. The second-order valence-corrected chi connectivity index (χ2v) is 6.37. The van der Waals surface area contributed by atoms with Gasteiger partial charge in [-0.2, -0.15) is 5.10 Å². The molecule has 4 nitrogen and oxygen atoms in total. The van der Waals surface area contributed by atoms with E-state index in [0.717, 1.165) is 21.4 Å². The summed E-state index contributed by atoms with van der Waals surface area (Å²) >= 11 is 7.63. The molecule has 122 valence electrons. The Bertz CT molecular complexity index is 888. The van der Waals surface area contributed by atoms with Crippen molar-refractivity contribution in [2.24, 2.45) is 5.10 Å². The highest BCUT2D eigenvalue weighted by molar-refractivity contribution is 7.21. The van der Waals surface area contributed by atoms with E-state index in [1.807, 2.05) is 55.5 Å². The molecular formula is C18H15ClN2O2S. The smallest absolute Gasteiger partial charge is 0.283 e. The van der Waals surface area contributed by atoms with Gasteiger partial charge in [0.25, 0.3) is 5.91 Å². The summed E-state index contributed by atoms with van der Waals surface area (Å²) in [6.07, 6.45) is 1.58. The molecule has 0 spiro atoms. The molecule has 3 aromatic rings. The molecule has 0 bridgehead atoms. The molecule has 0 aliphatic rings. The summed E-state index contributed by atoms with van der Waals surface area (Å²) < 4.78 is 6.35. The van der Waals surface area contributed by atoms with Gasteiger partial charge in [-0.25, -0.2) is 5.43 Å². The number of hydrazone groups is 1. The number of hydrogen-bond acceptors (Lipinski definition) is 4. The molecule has 1 N–H and O–H groups in total. The van der Waals surface area contributed by atoms with Gasteiger partial charge in [0.1, 0.15) is 10.6 Å². The number of hydrogen-bond donors (Lipinski definition) is 1. The molecule has 0 saturated heterocycles. The molecule has 0 radical (unpaired) electrons. The van der Waals surface area contributed by atoms with Crippen molar-refractivity contribution in [3.63, 3.8) is 0 Å². The Morgan fingerprint density at radius 2 is 2.00 bits per heavy atom. The van der Waals surface area contributed by atoms with Crippen LogP contribution in [0, 0.1) is 0 Å². The highest BCUT2D eigenvalue weighted by Gasteiger charge is 2.16. The summed E-state index contributed by atoms with van der Waals surface area (Å²) in [4.78, 5) is 12.7. The number of benzene rings is 2. The molecule has 1 heterocycles. The molecule has 0 saturated carbocycles. The fourth-order valence-corrected chi connectivity index (χ4v) is 3.60. The van der Waals surface area contributed by atoms with E-state index in [4.69, 9.17) is 16.3 Å². The molecular weight excluding hydrogens is 344 g/mol. The van der Waals surface area contributed by atoms with Crippen LogP contribution < -0.4 is 10.2 Å². The maximum Gasteiger partial charge on any atom is 0.283 e. The minimum absolute atomic E-state index is 0.316. The zero-order chi connectivity index (χ0) is 16.9. The largest absolute Gasteiger partial charge is 0.494 e. The number of carbonyl (C=O) groups is 1. The molecule has 24 heavy (non-hydrogen) atoms. The number of nitrogens with one attached hydrogen (secondary N) is 1. The third-order valence-corrected chi connectivity index (χ3v) is 4.99.